The van der Waals surface area contributed by atoms with Crippen molar-refractivity contribution in [3.8, 4) is 11.5 Å². The SMILES string of the molecule is COc1ccc(C=NN2CN([C@@H](C)C(=O)O)B(N(CCO)CCO)N=C2N)cc1OC. The molecule has 5 N–H and O–H groups in total. The van der Waals surface area contributed by atoms with Gasteiger partial charge in [0.25, 0.3) is 0 Å². The molecule has 170 valence electrons. The van der Waals surface area contributed by atoms with Crippen LogP contribution in [0.3, 0.4) is 0 Å². The van der Waals surface area contributed by atoms with Gasteiger partial charge in [-0.15, -0.1) is 0 Å². The average Bonchev–Trinajstić information content (AvgIpc) is 2.77. The first kappa shape index (κ1) is 24.4. The number of hydrogen-bond acceptors (Lipinski definition) is 11. The van der Waals surface area contributed by atoms with Gasteiger partial charge in [-0.25, -0.2) is 5.01 Å². The van der Waals surface area contributed by atoms with Crippen LogP contribution in [0.1, 0.15) is 12.5 Å². The Morgan fingerprint density at radius 2 is 1.97 bits per heavy atom. The highest BCUT2D eigenvalue weighted by molar-refractivity contribution is 6.53. The molecule has 1 aromatic carbocycles. The Morgan fingerprint density at radius 1 is 1.32 bits per heavy atom. The molecule has 0 radical (unpaired) electrons. The van der Waals surface area contributed by atoms with Gasteiger partial charge in [-0.3, -0.25) is 14.5 Å². The van der Waals surface area contributed by atoms with Crippen molar-refractivity contribution in [2.24, 2.45) is 15.7 Å². The number of nitrogens with zero attached hydrogens (tertiary/aromatic N) is 5. The number of aliphatic carboxylic acids is 1. The van der Waals surface area contributed by atoms with E-state index in [1.807, 2.05) is 0 Å². The fraction of sp³-hybridized carbons (Fsp3) is 0.500. The van der Waals surface area contributed by atoms with Gasteiger partial charge in [-0.1, -0.05) is 0 Å². The van der Waals surface area contributed by atoms with Crippen molar-refractivity contribution in [1.29, 1.82) is 0 Å². The summed E-state index contributed by atoms with van der Waals surface area (Å²) >= 11 is 0. The van der Waals surface area contributed by atoms with Crippen molar-refractivity contribution in [3.63, 3.8) is 0 Å². The summed E-state index contributed by atoms with van der Waals surface area (Å²) in [6.07, 6.45) is 1.55. The Balaban J connectivity index is 2.32. The minimum atomic E-state index is -1.04. The second-order valence-corrected chi connectivity index (χ2v) is 6.75. The predicted octanol–water partition coefficient (Wildman–Crippen LogP) is -1.33. The van der Waals surface area contributed by atoms with Gasteiger partial charge in [0.2, 0.25) is 5.96 Å². The number of carboxylic acids is 1. The lowest BCUT2D eigenvalue weighted by Crippen LogP contribution is -2.65. The fourth-order valence-electron chi connectivity index (χ4n) is 3.08. The lowest BCUT2D eigenvalue weighted by atomic mass is 9.85. The number of aliphatic hydroxyl groups is 2. The first-order chi connectivity index (χ1) is 14.9. The molecule has 0 aromatic heterocycles. The Morgan fingerprint density at radius 3 is 2.52 bits per heavy atom. The van der Waals surface area contributed by atoms with Crippen LogP contribution < -0.4 is 15.2 Å². The second kappa shape index (κ2) is 11.5. The third-order valence-electron chi connectivity index (χ3n) is 4.82. The highest BCUT2D eigenvalue weighted by Gasteiger charge is 2.41. The molecule has 0 fully saturated rings. The smallest absolute Gasteiger partial charge is 0.460 e. The van der Waals surface area contributed by atoms with Gasteiger partial charge < -0.3 is 35.3 Å². The van der Waals surface area contributed by atoms with Crippen LogP contribution in [-0.2, 0) is 4.79 Å². The molecular formula is C18H29BN6O6. The molecule has 0 unspecified atom stereocenters. The monoisotopic (exact) mass is 436 g/mol. The van der Waals surface area contributed by atoms with Crippen LogP contribution in [0.15, 0.2) is 28.2 Å². The topological polar surface area (TPSA) is 157 Å². The van der Waals surface area contributed by atoms with Gasteiger partial charge in [-0.2, -0.15) is 5.10 Å². The molecule has 13 heteroatoms. The van der Waals surface area contributed by atoms with Gasteiger partial charge >= 0.3 is 13.1 Å². The van der Waals surface area contributed by atoms with Gasteiger partial charge in [0, 0.05) is 13.1 Å². The Kier molecular flexibility index (Phi) is 9.06. The molecule has 0 aliphatic carbocycles. The summed E-state index contributed by atoms with van der Waals surface area (Å²) in [5.74, 6) is 0.154. The molecule has 1 aromatic rings. The Labute approximate surface area is 181 Å². The summed E-state index contributed by atoms with van der Waals surface area (Å²) in [5, 5.41) is 34.0. The van der Waals surface area contributed by atoms with Crippen molar-refractivity contribution in [2.45, 2.75) is 13.0 Å². The van der Waals surface area contributed by atoms with Gasteiger partial charge in [0.15, 0.2) is 11.5 Å². The zero-order chi connectivity index (χ0) is 23.0. The highest BCUT2D eigenvalue weighted by atomic mass is 16.5. The van der Waals surface area contributed by atoms with E-state index >= 15 is 0 Å². The van der Waals surface area contributed by atoms with Gasteiger partial charge in [0.05, 0.1) is 46.4 Å². The Bertz CT molecular complexity index is 804. The third-order valence-corrected chi connectivity index (χ3v) is 4.82. The number of guanidine groups is 1. The van der Waals surface area contributed by atoms with E-state index in [1.165, 1.54) is 19.0 Å². The van der Waals surface area contributed by atoms with Crippen LogP contribution in [0.5, 0.6) is 11.5 Å². The van der Waals surface area contributed by atoms with Crippen LogP contribution in [0.25, 0.3) is 0 Å². The van der Waals surface area contributed by atoms with E-state index in [0.717, 1.165) is 0 Å². The average molecular weight is 436 g/mol. The molecule has 31 heavy (non-hydrogen) atoms. The molecule has 1 aliphatic heterocycles. The molecule has 0 saturated heterocycles. The zero-order valence-corrected chi connectivity index (χ0v) is 17.9. The van der Waals surface area contributed by atoms with E-state index in [1.54, 1.807) is 41.1 Å². The molecule has 1 aliphatic rings. The maximum atomic E-state index is 11.7. The lowest BCUT2D eigenvalue weighted by Gasteiger charge is -2.41. The van der Waals surface area contributed by atoms with E-state index in [2.05, 4.69) is 10.0 Å². The number of aliphatic hydroxyl groups excluding tert-OH is 2. The summed E-state index contributed by atoms with van der Waals surface area (Å²) in [6.45, 7) is 1.60. The number of hydrogen-bond donors (Lipinski definition) is 4. The largest absolute Gasteiger partial charge is 0.493 e. The molecule has 0 bridgehead atoms. The number of ether oxygens (including phenoxy) is 2. The maximum absolute atomic E-state index is 11.7. The van der Waals surface area contributed by atoms with E-state index in [0.29, 0.717) is 17.1 Å². The third kappa shape index (κ3) is 6.07. The minimum Gasteiger partial charge on any atom is -0.493 e. The van der Waals surface area contributed by atoms with E-state index in [9.17, 15) is 20.1 Å². The molecule has 1 atom stereocenters. The first-order valence-electron chi connectivity index (χ1n) is 9.67. The molecule has 0 spiro atoms. The quantitative estimate of drug-likeness (QED) is 0.242. The summed E-state index contributed by atoms with van der Waals surface area (Å²) in [4.78, 5) is 19.3. The molecular weight excluding hydrogens is 407 g/mol. The van der Waals surface area contributed by atoms with Gasteiger partial charge in [-0.05, 0) is 30.7 Å². The Hall–Kier alpha value is -2.87. The summed E-state index contributed by atoms with van der Waals surface area (Å²) in [5.41, 5.74) is 6.81. The number of methoxy groups -OCH3 is 2. The summed E-state index contributed by atoms with van der Waals surface area (Å²) in [6, 6.07) is 4.35. The highest BCUT2D eigenvalue weighted by Crippen LogP contribution is 2.27. The van der Waals surface area contributed by atoms with E-state index < -0.39 is 19.1 Å². The standard InChI is InChI=1S/C18H29BN6O6/c1-13(17(28)29)24-12-25(18(20)22-19(24)23(6-8-26)7-9-27)21-11-14-4-5-15(30-2)16(10-14)31-3/h4-5,10-11,13,26-27H,6-9,12H2,1-3H3,(H2,20,22)(H,28,29)/t13-/m0/s1. The number of nitrogens with two attached hydrogens (primary N) is 1. The van der Waals surface area contributed by atoms with Gasteiger partial charge in [0.1, 0.15) is 0 Å². The minimum absolute atomic E-state index is 0.0462. The zero-order valence-electron chi connectivity index (χ0n) is 17.9. The summed E-state index contributed by atoms with van der Waals surface area (Å²) < 4.78 is 10.5. The van der Waals surface area contributed by atoms with Crippen molar-refractivity contribution in [2.75, 3.05) is 47.2 Å². The van der Waals surface area contributed by atoms with Crippen LogP contribution in [0.2, 0.25) is 0 Å². The van der Waals surface area contributed by atoms with Crippen molar-refractivity contribution >= 4 is 25.3 Å². The fourth-order valence-corrected chi connectivity index (χ4v) is 3.08. The van der Waals surface area contributed by atoms with Crippen LogP contribution >= 0.6 is 0 Å². The van der Waals surface area contributed by atoms with Crippen LogP contribution in [0, 0.1) is 0 Å². The predicted molar refractivity (Wildman–Crippen MR) is 116 cm³/mol. The number of benzene rings is 1. The summed E-state index contributed by atoms with van der Waals surface area (Å²) in [7, 11) is 2.31. The van der Waals surface area contributed by atoms with Crippen molar-refractivity contribution < 1.29 is 29.6 Å². The normalized spacial score (nSPS) is 16.0. The maximum Gasteiger partial charge on any atom is 0.460 e. The van der Waals surface area contributed by atoms with E-state index in [-0.39, 0.29) is 38.9 Å². The van der Waals surface area contributed by atoms with Crippen LogP contribution in [0.4, 0.5) is 0 Å². The molecule has 0 amide bonds. The molecule has 2 rings (SSSR count). The lowest BCUT2D eigenvalue weighted by molar-refractivity contribution is -0.141. The number of rotatable bonds is 11. The number of carbonyl (C=O) groups is 1. The van der Waals surface area contributed by atoms with Crippen molar-refractivity contribution in [3.05, 3.63) is 23.8 Å². The molecule has 0 saturated carbocycles. The second-order valence-electron chi connectivity index (χ2n) is 6.75. The molecule has 12 nitrogen and oxygen atoms in total. The molecule has 1 heterocycles. The first-order valence-corrected chi connectivity index (χ1v) is 9.67. The van der Waals surface area contributed by atoms with Crippen LogP contribution in [-0.4, -0.2) is 108 Å². The number of hydrazone groups is 1. The van der Waals surface area contributed by atoms with E-state index in [4.69, 9.17) is 15.2 Å². The van der Waals surface area contributed by atoms with Crippen molar-refractivity contribution in [1.82, 2.24) is 14.6 Å². The number of carboxylic acid groups (broad SMARTS) is 1.